The Bertz CT molecular complexity index is 862. The van der Waals surface area contributed by atoms with Crippen molar-refractivity contribution < 1.29 is 19.0 Å². The minimum Gasteiger partial charge on any atom is -0.496 e. The summed E-state index contributed by atoms with van der Waals surface area (Å²) in [6.07, 6.45) is 6.26. The zero-order valence-corrected chi connectivity index (χ0v) is 16.5. The lowest BCUT2D eigenvalue weighted by Crippen LogP contribution is -2.33. The molecule has 0 bridgehead atoms. The average Bonchev–Trinajstić information content (AvgIpc) is 2.77. The molecule has 5 nitrogen and oxygen atoms in total. The summed E-state index contributed by atoms with van der Waals surface area (Å²) >= 11 is 0. The quantitative estimate of drug-likeness (QED) is 0.711. The van der Waals surface area contributed by atoms with Crippen molar-refractivity contribution in [2.75, 3.05) is 34.4 Å². The number of hydrogen-bond donors (Lipinski definition) is 0. The summed E-state index contributed by atoms with van der Waals surface area (Å²) in [5, 5.41) is 0. The molecule has 1 aliphatic heterocycles. The minimum atomic E-state index is 0.00724. The van der Waals surface area contributed by atoms with Gasteiger partial charge in [-0.3, -0.25) is 4.79 Å². The van der Waals surface area contributed by atoms with E-state index in [1.807, 2.05) is 53.4 Å². The van der Waals surface area contributed by atoms with Crippen molar-refractivity contribution >= 4 is 17.6 Å². The lowest BCUT2D eigenvalue weighted by atomic mass is 9.97. The van der Waals surface area contributed by atoms with Gasteiger partial charge in [0.05, 0.1) is 26.9 Å². The Morgan fingerprint density at radius 2 is 1.68 bits per heavy atom. The molecule has 0 spiro atoms. The number of benzene rings is 2. The molecular weight excluding hydrogens is 354 g/mol. The first-order chi connectivity index (χ1) is 13.7. The van der Waals surface area contributed by atoms with E-state index in [1.54, 1.807) is 27.4 Å². The maximum Gasteiger partial charge on any atom is 0.246 e. The van der Waals surface area contributed by atoms with E-state index in [2.05, 4.69) is 6.08 Å². The van der Waals surface area contributed by atoms with Crippen LogP contribution >= 0.6 is 0 Å². The molecule has 0 atom stereocenters. The topological polar surface area (TPSA) is 48.0 Å². The van der Waals surface area contributed by atoms with Crippen LogP contribution in [0, 0.1) is 0 Å². The molecule has 1 heterocycles. The largest absolute Gasteiger partial charge is 0.496 e. The van der Waals surface area contributed by atoms with Gasteiger partial charge in [0.15, 0.2) is 0 Å². The zero-order chi connectivity index (χ0) is 19.9. The Balaban J connectivity index is 1.77. The van der Waals surface area contributed by atoms with Crippen molar-refractivity contribution in [3.05, 3.63) is 65.7 Å². The van der Waals surface area contributed by atoms with Crippen molar-refractivity contribution in [1.29, 1.82) is 0 Å². The van der Waals surface area contributed by atoms with Gasteiger partial charge in [-0.25, -0.2) is 0 Å². The van der Waals surface area contributed by atoms with E-state index in [1.165, 1.54) is 0 Å². The van der Waals surface area contributed by atoms with Crippen LogP contribution in [0.1, 0.15) is 17.5 Å². The van der Waals surface area contributed by atoms with E-state index in [0.717, 1.165) is 23.1 Å². The monoisotopic (exact) mass is 379 g/mol. The number of carbonyl (C=O) groups is 1. The smallest absolute Gasteiger partial charge is 0.246 e. The van der Waals surface area contributed by atoms with Crippen molar-refractivity contribution in [3.63, 3.8) is 0 Å². The maximum atomic E-state index is 12.5. The van der Waals surface area contributed by atoms with Crippen LogP contribution in [0.3, 0.4) is 0 Å². The molecule has 0 N–H and O–H groups in total. The second-order valence-electron chi connectivity index (χ2n) is 6.41. The molecule has 3 rings (SSSR count). The summed E-state index contributed by atoms with van der Waals surface area (Å²) < 4.78 is 16.4. The van der Waals surface area contributed by atoms with Gasteiger partial charge in [-0.05, 0) is 23.6 Å². The van der Waals surface area contributed by atoms with Crippen LogP contribution in [0.15, 0.2) is 54.6 Å². The molecule has 0 radical (unpaired) electrons. The van der Waals surface area contributed by atoms with E-state index in [9.17, 15) is 4.79 Å². The maximum absolute atomic E-state index is 12.5. The Morgan fingerprint density at radius 1 is 1.00 bits per heavy atom. The predicted molar refractivity (Wildman–Crippen MR) is 111 cm³/mol. The number of amides is 1. The van der Waals surface area contributed by atoms with Crippen molar-refractivity contribution in [1.82, 2.24) is 4.90 Å². The molecule has 2 aromatic rings. The average molecular weight is 379 g/mol. The minimum absolute atomic E-state index is 0.00724. The van der Waals surface area contributed by atoms with Gasteiger partial charge >= 0.3 is 0 Å². The molecule has 0 unspecified atom stereocenters. The van der Waals surface area contributed by atoms with Crippen molar-refractivity contribution in [2.45, 2.75) is 6.42 Å². The third-order valence-electron chi connectivity index (χ3n) is 4.77. The van der Waals surface area contributed by atoms with Crippen LogP contribution in [0.4, 0.5) is 0 Å². The number of rotatable bonds is 6. The molecule has 0 fully saturated rings. The van der Waals surface area contributed by atoms with Crippen LogP contribution < -0.4 is 14.2 Å². The highest BCUT2D eigenvalue weighted by atomic mass is 16.5. The van der Waals surface area contributed by atoms with Crippen LogP contribution in [0.25, 0.3) is 11.6 Å². The summed E-state index contributed by atoms with van der Waals surface area (Å²) in [6.45, 7) is 1.19. The third kappa shape index (κ3) is 4.36. The molecule has 0 saturated heterocycles. The lowest BCUT2D eigenvalue weighted by molar-refractivity contribution is -0.125. The van der Waals surface area contributed by atoms with E-state index >= 15 is 0 Å². The van der Waals surface area contributed by atoms with Gasteiger partial charge in [-0.2, -0.15) is 0 Å². The molecular formula is C23H25NO4. The summed E-state index contributed by atoms with van der Waals surface area (Å²) in [5.74, 6) is 2.09. The van der Waals surface area contributed by atoms with E-state index in [4.69, 9.17) is 14.2 Å². The Hall–Kier alpha value is -3.21. The third-order valence-corrected chi connectivity index (χ3v) is 4.77. The van der Waals surface area contributed by atoms with Gasteiger partial charge in [-0.15, -0.1) is 0 Å². The molecule has 0 saturated carbocycles. The van der Waals surface area contributed by atoms with Gasteiger partial charge < -0.3 is 19.1 Å². The number of hydrogen-bond acceptors (Lipinski definition) is 4. The van der Waals surface area contributed by atoms with Crippen molar-refractivity contribution in [2.24, 2.45) is 0 Å². The summed E-state index contributed by atoms with van der Waals surface area (Å²) in [5.41, 5.74) is 3.03. The molecule has 0 aliphatic carbocycles. The normalized spacial score (nSPS) is 14.0. The van der Waals surface area contributed by atoms with Gasteiger partial charge in [0.25, 0.3) is 0 Å². The standard InChI is InChI=1S/C23H25NO4/c1-26-19-15-20(27-2)23(21(16-19)28-3)18-11-13-24(14-12-18)22(25)10-9-17-7-5-4-6-8-17/h4-11,15-16H,12-14H2,1-3H3/b10-9+. The van der Waals surface area contributed by atoms with Gasteiger partial charge in [0, 0.05) is 31.3 Å². The highest BCUT2D eigenvalue weighted by molar-refractivity contribution is 5.92. The Labute approximate surface area is 165 Å². The number of nitrogens with zero attached hydrogens (tertiary/aromatic N) is 1. The van der Waals surface area contributed by atoms with Crippen LogP contribution in [-0.2, 0) is 4.79 Å². The van der Waals surface area contributed by atoms with Crippen molar-refractivity contribution in [3.8, 4) is 17.2 Å². The highest BCUT2D eigenvalue weighted by Gasteiger charge is 2.22. The predicted octanol–water partition coefficient (Wildman–Crippen LogP) is 4.04. The lowest BCUT2D eigenvalue weighted by Gasteiger charge is -2.27. The fourth-order valence-corrected chi connectivity index (χ4v) is 3.26. The first kappa shape index (κ1) is 19.5. The van der Waals surface area contributed by atoms with Gasteiger partial charge in [0.2, 0.25) is 5.91 Å². The molecule has 1 amide bonds. The number of carbonyl (C=O) groups excluding carboxylic acids is 1. The van der Waals surface area contributed by atoms with Gasteiger partial charge in [-0.1, -0.05) is 36.4 Å². The first-order valence-corrected chi connectivity index (χ1v) is 9.17. The molecule has 5 heteroatoms. The van der Waals surface area contributed by atoms with Crippen LogP contribution in [0.5, 0.6) is 17.2 Å². The van der Waals surface area contributed by atoms with E-state index < -0.39 is 0 Å². The Kier molecular flexibility index (Phi) is 6.37. The molecule has 0 aromatic heterocycles. The summed E-state index contributed by atoms with van der Waals surface area (Å²) in [7, 11) is 4.87. The first-order valence-electron chi connectivity index (χ1n) is 9.17. The zero-order valence-electron chi connectivity index (χ0n) is 16.5. The van der Waals surface area contributed by atoms with E-state index in [-0.39, 0.29) is 5.91 Å². The molecule has 1 aliphatic rings. The molecule has 28 heavy (non-hydrogen) atoms. The molecule has 2 aromatic carbocycles. The number of methoxy groups -OCH3 is 3. The second-order valence-corrected chi connectivity index (χ2v) is 6.41. The summed E-state index contributed by atoms with van der Waals surface area (Å²) in [4.78, 5) is 14.3. The number of ether oxygens (including phenoxy) is 3. The highest BCUT2D eigenvalue weighted by Crippen LogP contribution is 2.40. The molecule has 146 valence electrons. The van der Waals surface area contributed by atoms with Gasteiger partial charge in [0.1, 0.15) is 17.2 Å². The fraction of sp³-hybridized carbons (Fsp3) is 0.261. The van der Waals surface area contributed by atoms with E-state index in [0.29, 0.717) is 30.3 Å². The Morgan fingerprint density at radius 3 is 2.21 bits per heavy atom. The summed E-state index contributed by atoms with van der Waals surface area (Å²) in [6, 6.07) is 13.5. The van der Waals surface area contributed by atoms with Crippen LogP contribution in [0.2, 0.25) is 0 Å². The SMILES string of the molecule is COc1cc(OC)c(C2=CCN(C(=O)/C=C/c3ccccc3)CC2)c(OC)c1. The fourth-order valence-electron chi connectivity index (χ4n) is 3.26. The second kappa shape index (κ2) is 9.13. The van der Waals surface area contributed by atoms with Crippen LogP contribution in [-0.4, -0.2) is 45.2 Å².